The molecule has 0 spiro atoms. The number of aromatic nitrogens is 4. The minimum absolute atomic E-state index is 0.0118. The van der Waals surface area contributed by atoms with E-state index in [1.54, 1.807) is 19.1 Å². The largest absolute Gasteiger partial charge is 0.493 e. The Morgan fingerprint density at radius 2 is 1.94 bits per heavy atom. The fraction of sp³-hybridized carbons (Fsp3) is 0.250. The number of H-pyrrole nitrogens is 1. The van der Waals surface area contributed by atoms with Crippen LogP contribution in [0.2, 0.25) is 0 Å². The highest BCUT2D eigenvalue weighted by atomic mass is 32.2. The summed E-state index contributed by atoms with van der Waals surface area (Å²) >= 11 is 0. The summed E-state index contributed by atoms with van der Waals surface area (Å²) in [5, 5.41) is 16.8. The van der Waals surface area contributed by atoms with Gasteiger partial charge in [0.25, 0.3) is 5.56 Å². The average Bonchev–Trinajstić information content (AvgIpc) is 3.16. The molecule has 0 aliphatic carbocycles. The van der Waals surface area contributed by atoms with Gasteiger partial charge in [0.2, 0.25) is 14.9 Å². The molecule has 2 aromatic carbocycles. The van der Waals surface area contributed by atoms with Gasteiger partial charge in [-0.25, -0.2) is 8.42 Å². The normalized spacial score (nSPS) is 11.9. The molecule has 0 unspecified atom stereocenters. The summed E-state index contributed by atoms with van der Waals surface area (Å²) in [5.74, 6) is 0.555. The van der Waals surface area contributed by atoms with Gasteiger partial charge in [0.05, 0.1) is 29.5 Å². The highest BCUT2D eigenvalue weighted by molar-refractivity contribution is 7.91. The van der Waals surface area contributed by atoms with E-state index in [0.717, 1.165) is 5.56 Å². The second-order valence-electron chi connectivity index (χ2n) is 6.97. The van der Waals surface area contributed by atoms with Crippen molar-refractivity contribution < 1.29 is 23.0 Å². The van der Waals surface area contributed by atoms with Crippen LogP contribution in [0.5, 0.6) is 11.5 Å². The van der Waals surface area contributed by atoms with Gasteiger partial charge in [0.15, 0.2) is 17.1 Å². The molecule has 0 bridgehead atoms. The van der Waals surface area contributed by atoms with E-state index in [0.29, 0.717) is 5.56 Å². The number of rotatable bonds is 6. The van der Waals surface area contributed by atoms with Gasteiger partial charge in [-0.1, -0.05) is 22.9 Å². The molecule has 2 N–H and O–H groups in total. The maximum atomic E-state index is 13.3. The number of ether oxygens (including phenoxy) is 2. The maximum Gasteiger partial charge on any atom is 0.259 e. The van der Waals surface area contributed by atoms with Crippen molar-refractivity contribution in [2.45, 2.75) is 23.8 Å². The number of nitrogens with one attached hydrogen (secondary N) is 1. The van der Waals surface area contributed by atoms with Crippen molar-refractivity contribution in [2.24, 2.45) is 0 Å². The number of methoxy groups -OCH3 is 1. The Labute approximate surface area is 177 Å². The van der Waals surface area contributed by atoms with Gasteiger partial charge in [-0.05, 0) is 31.5 Å². The van der Waals surface area contributed by atoms with Gasteiger partial charge in [0.1, 0.15) is 6.61 Å². The Bertz CT molecular complexity index is 1470. The van der Waals surface area contributed by atoms with Gasteiger partial charge in [-0.15, -0.1) is 5.10 Å². The van der Waals surface area contributed by atoms with Gasteiger partial charge < -0.3 is 19.6 Å². The topological polar surface area (TPSA) is 136 Å². The summed E-state index contributed by atoms with van der Waals surface area (Å²) in [7, 11) is -2.63. The van der Waals surface area contributed by atoms with E-state index in [-0.39, 0.29) is 51.2 Å². The molecule has 0 radical (unpaired) electrons. The van der Waals surface area contributed by atoms with Crippen molar-refractivity contribution in [3.05, 3.63) is 51.8 Å². The van der Waals surface area contributed by atoms with Crippen molar-refractivity contribution in [2.75, 3.05) is 20.3 Å². The lowest BCUT2D eigenvalue weighted by Crippen LogP contribution is -2.13. The number of sulfone groups is 1. The van der Waals surface area contributed by atoms with Crippen molar-refractivity contribution in [3.8, 4) is 11.5 Å². The first kappa shape index (κ1) is 20.8. The number of nitrogens with zero attached hydrogens (tertiary/aromatic N) is 3. The highest BCUT2D eigenvalue weighted by Crippen LogP contribution is 2.32. The first-order valence-corrected chi connectivity index (χ1v) is 10.8. The average molecular weight is 444 g/mol. The summed E-state index contributed by atoms with van der Waals surface area (Å²) in [5.41, 5.74) is 1.17. The zero-order valence-corrected chi connectivity index (χ0v) is 17.9. The molecule has 4 rings (SSSR count). The number of hydrogen-bond acceptors (Lipinski definition) is 8. The zero-order valence-electron chi connectivity index (χ0n) is 17.0. The van der Waals surface area contributed by atoms with Crippen LogP contribution in [0.25, 0.3) is 16.6 Å². The van der Waals surface area contributed by atoms with Crippen LogP contribution in [0.15, 0.2) is 45.0 Å². The summed E-state index contributed by atoms with van der Waals surface area (Å²) in [6.45, 7) is 3.36. The molecule has 0 fully saturated rings. The molecule has 4 aromatic rings. The molecule has 162 valence electrons. The molecule has 2 aromatic heterocycles. The van der Waals surface area contributed by atoms with E-state index < -0.39 is 15.4 Å². The number of aliphatic hydroxyl groups is 1. The van der Waals surface area contributed by atoms with Crippen molar-refractivity contribution in [1.82, 2.24) is 19.8 Å². The third-order valence-corrected chi connectivity index (χ3v) is 6.67. The second-order valence-corrected chi connectivity index (χ2v) is 8.81. The van der Waals surface area contributed by atoms with E-state index >= 15 is 0 Å². The Hall–Kier alpha value is -3.44. The quantitative estimate of drug-likeness (QED) is 0.455. The molecule has 31 heavy (non-hydrogen) atoms. The van der Waals surface area contributed by atoms with Crippen LogP contribution in [0.1, 0.15) is 11.1 Å². The Morgan fingerprint density at radius 3 is 2.61 bits per heavy atom. The molecular formula is C20H20N4O6S. The standard InChI is InChI=1S/C20H20N4O6S/c1-11-4-5-17(12(2)8-11)31(27,28)20-18-21-19(26)13-9-15(29-3)16(30-7-6-25)10-14(13)24(18)23-22-20/h4-5,8-10,25H,6-7H2,1-3H3,(H,21,26). The van der Waals surface area contributed by atoms with Gasteiger partial charge in [-0.2, -0.15) is 4.52 Å². The lowest BCUT2D eigenvalue weighted by molar-refractivity contribution is 0.196. The first-order valence-electron chi connectivity index (χ1n) is 9.33. The molecule has 2 heterocycles. The smallest absolute Gasteiger partial charge is 0.259 e. The number of benzene rings is 2. The molecule has 0 amide bonds. The van der Waals surface area contributed by atoms with Crippen LogP contribution in [0.4, 0.5) is 0 Å². The predicted molar refractivity (Wildman–Crippen MR) is 112 cm³/mol. The lowest BCUT2D eigenvalue weighted by atomic mass is 10.2. The third kappa shape index (κ3) is 3.41. The zero-order chi connectivity index (χ0) is 22.3. The first-order chi connectivity index (χ1) is 14.8. The van der Waals surface area contributed by atoms with Crippen LogP contribution >= 0.6 is 0 Å². The number of aryl methyl sites for hydroxylation is 2. The van der Waals surface area contributed by atoms with Crippen molar-refractivity contribution in [3.63, 3.8) is 0 Å². The van der Waals surface area contributed by atoms with E-state index in [4.69, 9.17) is 14.6 Å². The predicted octanol–water partition coefficient (Wildman–Crippen LogP) is 1.40. The molecule has 0 saturated heterocycles. The molecular weight excluding hydrogens is 424 g/mol. The number of aliphatic hydroxyl groups excluding tert-OH is 1. The fourth-order valence-electron chi connectivity index (χ4n) is 3.44. The number of fused-ring (bicyclic) bond motifs is 3. The molecule has 0 aliphatic heterocycles. The highest BCUT2D eigenvalue weighted by Gasteiger charge is 2.28. The van der Waals surface area contributed by atoms with Crippen molar-refractivity contribution >= 4 is 26.4 Å². The van der Waals surface area contributed by atoms with Crippen LogP contribution in [0, 0.1) is 13.8 Å². The summed E-state index contributed by atoms with van der Waals surface area (Å²) in [6.07, 6.45) is 0. The van der Waals surface area contributed by atoms with Crippen LogP contribution < -0.4 is 15.0 Å². The Balaban J connectivity index is 1.99. The van der Waals surface area contributed by atoms with Gasteiger partial charge in [0, 0.05) is 6.07 Å². The lowest BCUT2D eigenvalue weighted by Gasteiger charge is -2.11. The van der Waals surface area contributed by atoms with E-state index in [2.05, 4.69) is 15.3 Å². The summed E-state index contributed by atoms with van der Waals surface area (Å²) < 4.78 is 38.5. The number of hydrogen-bond donors (Lipinski definition) is 2. The maximum absolute atomic E-state index is 13.3. The van der Waals surface area contributed by atoms with Crippen LogP contribution in [-0.4, -0.2) is 53.7 Å². The van der Waals surface area contributed by atoms with Gasteiger partial charge >= 0.3 is 0 Å². The minimum Gasteiger partial charge on any atom is -0.493 e. The molecule has 0 saturated carbocycles. The Morgan fingerprint density at radius 1 is 1.16 bits per heavy atom. The molecule has 11 heteroatoms. The Kier molecular flexibility index (Phi) is 5.15. The minimum atomic E-state index is -4.05. The van der Waals surface area contributed by atoms with E-state index in [9.17, 15) is 13.2 Å². The van der Waals surface area contributed by atoms with Crippen molar-refractivity contribution in [1.29, 1.82) is 0 Å². The summed E-state index contributed by atoms with van der Waals surface area (Å²) in [4.78, 5) is 15.4. The molecule has 10 nitrogen and oxygen atoms in total. The van der Waals surface area contributed by atoms with E-state index in [1.165, 1.54) is 29.8 Å². The van der Waals surface area contributed by atoms with Crippen LogP contribution in [-0.2, 0) is 9.84 Å². The SMILES string of the molecule is COc1cc2c(=O)[nH]c3c(S(=O)(=O)c4ccc(C)cc4C)nnn3c2cc1OCCO. The summed E-state index contributed by atoms with van der Waals surface area (Å²) in [6, 6.07) is 7.92. The van der Waals surface area contributed by atoms with Crippen LogP contribution in [0.3, 0.4) is 0 Å². The monoisotopic (exact) mass is 444 g/mol. The number of aromatic amines is 1. The molecule has 0 atom stereocenters. The van der Waals surface area contributed by atoms with E-state index in [1.807, 2.05) is 6.92 Å². The fourth-order valence-corrected chi connectivity index (χ4v) is 4.91. The molecule has 0 aliphatic rings. The second kappa shape index (κ2) is 7.67. The van der Waals surface area contributed by atoms with Gasteiger partial charge in [-0.3, -0.25) is 4.79 Å². The third-order valence-electron chi connectivity index (χ3n) is 4.85.